The first kappa shape index (κ1) is 29.1. The number of ether oxygens (including phenoxy) is 3. The molecule has 1 atom stereocenters. The van der Waals surface area contributed by atoms with Crippen LogP contribution in [-0.2, 0) is 26.2 Å². The van der Waals surface area contributed by atoms with Crippen LogP contribution in [0.3, 0.4) is 0 Å². The Morgan fingerprint density at radius 3 is 2.37 bits per heavy atom. The lowest BCUT2D eigenvalue weighted by atomic mass is 10.1. The Labute approximate surface area is 224 Å². The van der Waals surface area contributed by atoms with Gasteiger partial charge in [-0.2, -0.15) is 0 Å². The van der Waals surface area contributed by atoms with E-state index in [9.17, 15) is 18.0 Å². The number of carbonyl (C=O) groups excluding carboxylic acids is 2. The summed E-state index contributed by atoms with van der Waals surface area (Å²) in [4.78, 5) is 27.8. The van der Waals surface area contributed by atoms with E-state index in [0.717, 1.165) is 11.8 Å². The molecule has 0 bridgehead atoms. The third kappa shape index (κ3) is 7.77. The molecular formula is C27H37N3O7S. The zero-order chi connectivity index (χ0) is 27.9. The van der Waals surface area contributed by atoms with E-state index in [0.29, 0.717) is 29.5 Å². The fraction of sp³-hybridized carbons (Fsp3) is 0.481. The smallest absolute Gasteiger partial charge is 0.242 e. The van der Waals surface area contributed by atoms with Crippen LogP contribution in [0.15, 0.2) is 42.5 Å². The normalized spacial score (nSPS) is 13.2. The predicted octanol–water partition coefficient (Wildman–Crippen LogP) is 3.16. The number of rotatable bonds is 13. The zero-order valence-electron chi connectivity index (χ0n) is 22.6. The summed E-state index contributed by atoms with van der Waals surface area (Å²) in [5.41, 5.74) is 1.28. The number of anilines is 1. The molecule has 0 spiro atoms. The van der Waals surface area contributed by atoms with Crippen molar-refractivity contribution in [1.29, 1.82) is 0 Å². The number of hydrogen-bond acceptors (Lipinski definition) is 7. The topological polar surface area (TPSA) is 114 Å². The third-order valence-corrected chi connectivity index (χ3v) is 7.35. The summed E-state index contributed by atoms with van der Waals surface area (Å²) in [6.45, 7) is 6.61. The van der Waals surface area contributed by atoms with E-state index in [-0.39, 0.29) is 50.5 Å². The summed E-state index contributed by atoms with van der Waals surface area (Å²) < 4.78 is 42.3. The van der Waals surface area contributed by atoms with Crippen LogP contribution in [0.2, 0.25) is 0 Å². The van der Waals surface area contributed by atoms with Gasteiger partial charge in [0.1, 0.15) is 11.8 Å². The molecular weight excluding hydrogens is 510 g/mol. The molecule has 38 heavy (non-hydrogen) atoms. The lowest BCUT2D eigenvalue weighted by Gasteiger charge is -2.29. The number of amides is 2. The van der Waals surface area contributed by atoms with E-state index >= 15 is 0 Å². The maximum atomic E-state index is 13.4. The molecule has 0 unspecified atom stereocenters. The van der Waals surface area contributed by atoms with Crippen molar-refractivity contribution in [3.63, 3.8) is 0 Å². The van der Waals surface area contributed by atoms with Gasteiger partial charge in [0.05, 0.1) is 19.1 Å². The molecule has 208 valence electrons. The van der Waals surface area contributed by atoms with Gasteiger partial charge in [0.15, 0.2) is 11.5 Å². The van der Waals surface area contributed by atoms with E-state index < -0.39 is 16.1 Å². The van der Waals surface area contributed by atoms with E-state index in [1.807, 2.05) is 26.0 Å². The molecule has 2 aromatic carbocycles. The van der Waals surface area contributed by atoms with Crippen LogP contribution in [0.1, 0.15) is 39.2 Å². The molecule has 0 saturated carbocycles. The van der Waals surface area contributed by atoms with Gasteiger partial charge in [0, 0.05) is 32.1 Å². The maximum Gasteiger partial charge on any atom is 0.242 e. The number of hydrogen-bond donors (Lipinski definition) is 1. The monoisotopic (exact) mass is 547 g/mol. The zero-order valence-corrected chi connectivity index (χ0v) is 23.4. The molecule has 1 heterocycles. The minimum Gasteiger partial charge on any atom is -0.497 e. The summed E-state index contributed by atoms with van der Waals surface area (Å²) >= 11 is 0. The number of methoxy groups -OCH3 is 1. The van der Waals surface area contributed by atoms with Crippen molar-refractivity contribution in [2.75, 3.05) is 37.6 Å². The van der Waals surface area contributed by atoms with E-state index in [4.69, 9.17) is 14.2 Å². The molecule has 11 heteroatoms. The molecule has 0 fully saturated rings. The Balaban J connectivity index is 1.72. The van der Waals surface area contributed by atoms with Gasteiger partial charge in [-0.3, -0.25) is 13.9 Å². The van der Waals surface area contributed by atoms with Crippen LogP contribution in [0.4, 0.5) is 5.69 Å². The van der Waals surface area contributed by atoms with E-state index in [1.165, 1.54) is 9.21 Å². The minimum atomic E-state index is -3.62. The van der Waals surface area contributed by atoms with Gasteiger partial charge >= 0.3 is 0 Å². The maximum absolute atomic E-state index is 13.4. The molecule has 0 saturated heterocycles. The number of fused-ring (bicyclic) bond motifs is 1. The van der Waals surface area contributed by atoms with Crippen molar-refractivity contribution in [2.24, 2.45) is 5.92 Å². The van der Waals surface area contributed by atoms with Crippen LogP contribution >= 0.6 is 0 Å². The highest BCUT2D eigenvalue weighted by atomic mass is 32.2. The first-order valence-corrected chi connectivity index (χ1v) is 14.4. The van der Waals surface area contributed by atoms with Gasteiger partial charge in [-0.05, 0) is 49.1 Å². The molecule has 0 aromatic heterocycles. The summed E-state index contributed by atoms with van der Waals surface area (Å²) in [5, 5.41) is 2.89. The highest BCUT2D eigenvalue weighted by molar-refractivity contribution is 7.92. The first-order chi connectivity index (χ1) is 18.0. The lowest BCUT2D eigenvalue weighted by molar-refractivity contribution is -0.140. The van der Waals surface area contributed by atoms with Crippen molar-refractivity contribution >= 4 is 27.5 Å². The number of carbonyl (C=O) groups is 2. The fourth-order valence-electron chi connectivity index (χ4n) is 4.01. The predicted molar refractivity (Wildman–Crippen MR) is 145 cm³/mol. The Morgan fingerprint density at radius 1 is 1.05 bits per heavy atom. The highest BCUT2D eigenvalue weighted by Gasteiger charge is 2.27. The van der Waals surface area contributed by atoms with Crippen molar-refractivity contribution in [3.05, 3.63) is 48.0 Å². The number of sulfonamides is 1. The summed E-state index contributed by atoms with van der Waals surface area (Å²) in [6.07, 6.45) is 1.45. The molecule has 0 aliphatic carbocycles. The number of benzene rings is 2. The van der Waals surface area contributed by atoms with Crippen molar-refractivity contribution in [3.8, 4) is 17.2 Å². The Morgan fingerprint density at radius 2 is 1.74 bits per heavy atom. The van der Waals surface area contributed by atoms with Crippen molar-refractivity contribution < 1.29 is 32.2 Å². The Hall–Kier alpha value is -3.47. The lowest BCUT2D eigenvalue weighted by Crippen LogP contribution is -2.48. The summed E-state index contributed by atoms with van der Waals surface area (Å²) in [7, 11) is -2.04. The SMILES string of the molecule is COc1ccc(CN(C(=O)CCCN(c2ccc3c(c2)OCO3)S(C)(=O)=O)[C@@H](C)C(=O)NCC(C)C)cc1. The van der Waals surface area contributed by atoms with Crippen LogP contribution < -0.4 is 23.8 Å². The van der Waals surface area contributed by atoms with Crippen LogP contribution in [0.5, 0.6) is 17.2 Å². The average molecular weight is 548 g/mol. The molecule has 1 aliphatic rings. The standard InChI is InChI=1S/C27H37N3O7S/c1-19(2)16-28-27(32)20(3)29(17-21-8-11-23(35-4)12-9-21)26(31)7-6-14-30(38(5,33)34)22-10-13-24-25(15-22)37-18-36-24/h8-13,15,19-20H,6-7,14,16-18H2,1-5H3,(H,28,32)/t20-/m0/s1. The highest BCUT2D eigenvalue weighted by Crippen LogP contribution is 2.36. The molecule has 3 rings (SSSR count). The van der Waals surface area contributed by atoms with Gasteiger partial charge in [-0.1, -0.05) is 26.0 Å². The molecule has 2 amide bonds. The number of nitrogens with zero attached hydrogens (tertiary/aromatic N) is 2. The fourth-order valence-corrected chi connectivity index (χ4v) is 4.96. The van der Waals surface area contributed by atoms with Crippen molar-refractivity contribution in [1.82, 2.24) is 10.2 Å². The second-order valence-corrected chi connectivity index (χ2v) is 11.6. The third-order valence-electron chi connectivity index (χ3n) is 6.16. The van der Waals surface area contributed by atoms with Gasteiger partial charge in [-0.25, -0.2) is 8.42 Å². The van der Waals surface area contributed by atoms with E-state index in [2.05, 4.69) is 5.32 Å². The quantitative estimate of drug-likeness (QED) is 0.410. The summed E-state index contributed by atoms with van der Waals surface area (Å²) in [6, 6.07) is 11.5. The van der Waals surface area contributed by atoms with Crippen LogP contribution in [-0.4, -0.2) is 64.4 Å². The van der Waals surface area contributed by atoms with Crippen LogP contribution in [0.25, 0.3) is 0 Å². The molecule has 1 aliphatic heterocycles. The van der Waals surface area contributed by atoms with Gasteiger partial charge in [-0.15, -0.1) is 0 Å². The second kappa shape index (κ2) is 12.9. The second-order valence-electron chi connectivity index (χ2n) is 9.66. The van der Waals surface area contributed by atoms with Gasteiger partial charge < -0.3 is 24.4 Å². The van der Waals surface area contributed by atoms with Gasteiger partial charge in [0.25, 0.3) is 0 Å². The Kier molecular flexibility index (Phi) is 9.84. The minimum absolute atomic E-state index is 0.0640. The summed E-state index contributed by atoms with van der Waals surface area (Å²) in [5.74, 6) is 1.51. The van der Waals surface area contributed by atoms with Gasteiger partial charge in [0.2, 0.25) is 28.6 Å². The first-order valence-electron chi connectivity index (χ1n) is 12.6. The molecule has 2 aromatic rings. The van der Waals surface area contributed by atoms with E-state index in [1.54, 1.807) is 44.4 Å². The molecule has 0 radical (unpaired) electrons. The molecule has 10 nitrogen and oxygen atoms in total. The van der Waals surface area contributed by atoms with Crippen molar-refractivity contribution in [2.45, 2.75) is 46.2 Å². The average Bonchev–Trinajstić information content (AvgIpc) is 3.35. The van der Waals surface area contributed by atoms with Crippen LogP contribution in [0, 0.1) is 5.92 Å². The molecule has 1 N–H and O–H groups in total. The number of nitrogens with one attached hydrogen (secondary N) is 1. The Bertz CT molecular complexity index is 1220. The largest absolute Gasteiger partial charge is 0.497 e.